The molecule has 2 fully saturated rings. The summed E-state index contributed by atoms with van der Waals surface area (Å²) in [6, 6.07) is 10.2. The molecule has 0 radical (unpaired) electrons. The Kier molecular flexibility index (Phi) is 4.05. The van der Waals surface area contributed by atoms with Crippen molar-refractivity contribution in [1.29, 1.82) is 5.26 Å². The number of benzene rings is 1. The molecule has 2 aliphatic rings. The van der Waals surface area contributed by atoms with Crippen molar-refractivity contribution >= 4 is 0 Å². The van der Waals surface area contributed by atoms with Gasteiger partial charge < -0.3 is 4.52 Å². The van der Waals surface area contributed by atoms with Crippen LogP contribution in [0, 0.1) is 11.3 Å². The maximum absolute atomic E-state index is 9.27. The average Bonchev–Trinajstić information content (AvgIpc) is 3.34. The van der Waals surface area contributed by atoms with Crippen LogP contribution in [0.3, 0.4) is 0 Å². The Bertz CT molecular complexity index is 761. The zero-order valence-corrected chi connectivity index (χ0v) is 13.9. The molecule has 1 atom stereocenters. The molecule has 1 aliphatic carbocycles. The fourth-order valence-corrected chi connectivity index (χ4v) is 3.24. The zero-order valence-electron chi connectivity index (χ0n) is 13.9. The van der Waals surface area contributed by atoms with Gasteiger partial charge in [0.2, 0.25) is 5.89 Å². The first-order valence-electron chi connectivity index (χ1n) is 8.48. The largest absolute Gasteiger partial charge is 0.338 e. The molecule has 0 spiro atoms. The molecule has 2 heterocycles. The van der Waals surface area contributed by atoms with E-state index < -0.39 is 0 Å². The van der Waals surface area contributed by atoms with Gasteiger partial charge in [-0.25, -0.2) is 0 Å². The lowest BCUT2D eigenvalue weighted by atomic mass is 10.1. The van der Waals surface area contributed by atoms with E-state index in [0.717, 1.165) is 49.0 Å². The minimum atomic E-state index is 0.119. The molecular formula is C18H21N5O. The van der Waals surface area contributed by atoms with Crippen LogP contribution in [0.25, 0.3) is 0 Å². The average molecular weight is 323 g/mol. The maximum atomic E-state index is 9.27. The Morgan fingerprint density at radius 2 is 2.12 bits per heavy atom. The maximum Gasteiger partial charge on any atom is 0.245 e. The first-order valence-corrected chi connectivity index (χ1v) is 8.48. The normalized spacial score (nSPS) is 22.4. The van der Waals surface area contributed by atoms with E-state index in [9.17, 15) is 5.26 Å². The smallest absolute Gasteiger partial charge is 0.245 e. The molecule has 1 aromatic heterocycles. The number of likely N-dealkylation sites (N-methyl/N-ethyl adjacent to an activating group) is 1. The number of nitrogens with zero attached hydrogens (tertiary/aromatic N) is 5. The molecule has 1 saturated heterocycles. The summed E-state index contributed by atoms with van der Waals surface area (Å²) in [5, 5.41) is 13.4. The quantitative estimate of drug-likeness (QED) is 0.860. The highest BCUT2D eigenvalue weighted by molar-refractivity contribution is 5.37. The van der Waals surface area contributed by atoms with Gasteiger partial charge in [0.15, 0.2) is 5.82 Å². The molecule has 0 unspecified atom stereocenters. The first-order chi connectivity index (χ1) is 11.7. The molecule has 0 amide bonds. The Hall–Kier alpha value is -2.23. The standard InChI is InChI=1S/C18H21N5O/c1-22-8-9-23(11-15-5-3-2-4-14(15)10-19)12-16(22)18-20-17(21-24-18)13-6-7-13/h2-5,13,16H,6-9,11-12H2,1H3/t16-/m1/s1. The van der Waals surface area contributed by atoms with Crippen molar-refractivity contribution in [3.05, 3.63) is 47.1 Å². The van der Waals surface area contributed by atoms with Crippen LogP contribution in [0.5, 0.6) is 0 Å². The summed E-state index contributed by atoms with van der Waals surface area (Å²) in [7, 11) is 2.10. The van der Waals surface area contributed by atoms with Gasteiger partial charge >= 0.3 is 0 Å². The van der Waals surface area contributed by atoms with Crippen molar-refractivity contribution in [2.45, 2.75) is 31.3 Å². The minimum Gasteiger partial charge on any atom is -0.338 e. The van der Waals surface area contributed by atoms with Crippen molar-refractivity contribution < 1.29 is 4.52 Å². The highest BCUT2D eigenvalue weighted by Gasteiger charge is 2.33. The topological polar surface area (TPSA) is 69.2 Å². The molecule has 4 rings (SSSR count). The van der Waals surface area contributed by atoms with Gasteiger partial charge in [0.1, 0.15) is 6.04 Å². The Balaban J connectivity index is 1.49. The number of hydrogen-bond acceptors (Lipinski definition) is 6. The van der Waals surface area contributed by atoms with Crippen molar-refractivity contribution in [2.75, 3.05) is 26.7 Å². The van der Waals surface area contributed by atoms with Crippen LogP contribution in [0.1, 0.15) is 47.6 Å². The summed E-state index contributed by atoms with van der Waals surface area (Å²) in [5.74, 6) is 2.10. The molecule has 1 aliphatic heterocycles. The fraction of sp³-hybridized carbons (Fsp3) is 0.500. The Morgan fingerprint density at radius 1 is 1.29 bits per heavy atom. The number of piperazine rings is 1. The lowest BCUT2D eigenvalue weighted by Crippen LogP contribution is -2.46. The van der Waals surface area contributed by atoms with E-state index in [1.54, 1.807) is 0 Å². The van der Waals surface area contributed by atoms with E-state index in [2.05, 4.69) is 33.1 Å². The van der Waals surface area contributed by atoms with Crippen LogP contribution >= 0.6 is 0 Å². The number of hydrogen-bond donors (Lipinski definition) is 0. The van der Waals surface area contributed by atoms with Gasteiger partial charge in [0.05, 0.1) is 11.6 Å². The first kappa shape index (κ1) is 15.3. The Labute approximate surface area is 141 Å². The number of aromatic nitrogens is 2. The van der Waals surface area contributed by atoms with Crippen LogP contribution < -0.4 is 0 Å². The second-order valence-corrected chi connectivity index (χ2v) is 6.77. The zero-order chi connectivity index (χ0) is 16.5. The van der Waals surface area contributed by atoms with Crippen LogP contribution in [0.4, 0.5) is 0 Å². The van der Waals surface area contributed by atoms with Gasteiger partial charge in [-0.3, -0.25) is 9.80 Å². The molecule has 6 heteroatoms. The van der Waals surface area contributed by atoms with Crippen LogP contribution in [-0.2, 0) is 6.54 Å². The van der Waals surface area contributed by atoms with Crippen LogP contribution in [-0.4, -0.2) is 46.6 Å². The summed E-state index contributed by atoms with van der Waals surface area (Å²) < 4.78 is 5.54. The lowest BCUT2D eigenvalue weighted by Gasteiger charge is -2.37. The highest BCUT2D eigenvalue weighted by atomic mass is 16.5. The Morgan fingerprint density at radius 3 is 2.92 bits per heavy atom. The third-order valence-electron chi connectivity index (χ3n) is 4.95. The SMILES string of the molecule is CN1CCN(Cc2ccccc2C#N)C[C@@H]1c1nc(C2CC2)no1. The number of rotatable bonds is 4. The molecule has 2 aromatic rings. The molecule has 6 nitrogen and oxygen atoms in total. The molecular weight excluding hydrogens is 302 g/mol. The fourth-order valence-electron chi connectivity index (χ4n) is 3.24. The van der Waals surface area contributed by atoms with Gasteiger partial charge in [-0.15, -0.1) is 0 Å². The highest BCUT2D eigenvalue weighted by Crippen LogP contribution is 2.38. The van der Waals surface area contributed by atoms with Crippen molar-refractivity contribution in [1.82, 2.24) is 19.9 Å². The second-order valence-electron chi connectivity index (χ2n) is 6.77. The van der Waals surface area contributed by atoms with E-state index >= 15 is 0 Å². The van der Waals surface area contributed by atoms with Crippen molar-refractivity contribution in [3.63, 3.8) is 0 Å². The minimum absolute atomic E-state index is 0.119. The summed E-state index contributed by atoms with van der Waals surface area (Å²) in [5.41, 5.74) is 1.83. The summed E-state index contributed by atoms with van der Waals surface area (Å²) in [6.07, 6.45) is 2.35. The van der Waals surface area contributed by atoms with Gasteiger partial charge in [-0.05, 0) is 31.5 Å². The molecule has 1 aromatic carbocycles. The third kappa shape index (κ3) is 3.05. The summed E-state index contributed by atoms with van der Waals surface area (Å²) in [4.78, 5) is 9.26. The predicted octanol–water partition coefficient (Wildman–Crippen LogP) is 2.31. The van der Waals surface area contributed by atoms with Crippen molar-refractivity contribution in [3.8, 4) is 6.07 Å². The van der Waals surface area contributed by atoms with E-state index in [4.69, 9.17) is 4.52 Å². The molecule has 24 heavy (non-hydrogen) atoms. The van der Waals surface area contributed by atoms with E-state index in [1.165, 1.54) is 12.8 Å². The van der Waals surface area contributed by atoms with Crippen LogP contribution in [0.2, 0.25) is 0 Å². The third-order valence-corrected chi connectivity index (χ3v) is 4.95. The summed E-state index contributed by atoms with van der Waals surface area (Å²) >= 11 is 0. The summed E-state index contributed by atoms with van der Waals surface area (Å²) in [6.45, 7) is 3.52. The lowest BCUT2D eigenvalue weighted by molar-refractivity contribution is 0.0714. The van der Waals surface area contributed by atoms with Gasteiger partial charge in [0, 0.05) is 32.1 Å². The molecule has 1 saturated carbocycles. The van der Waals surface area contributed by atoms with Crippen LogP contribution in [0.15, 0.2) is 28.8 Å². The van der Waals surface area contributed by atoms with Gasteiger partial charge in [-0.1, -0.05) is 23.4 Å². The van der Waals surface area contributed by atoms with Crippen molar-refractivity contribution in [2.24, 2.45) is 0 Å². The molecule has 124 valence electrons. The predicted molar refractivity (Wildman–Crippen MR) is 88.1 cm³/mol. The number of nitriles is 1. The van der Waals surface area contributed by atoms with E-state index in [-0.39, 0.29) is 6.04 Å². The van der Waals surface area contributed by atoms with E-state index in [1.807, 2.05) is 24.3 Å². The van der Waals surface area contributed by atoms with Gasteiger partial charge in [-0.2, -0.15) is 10.2 Å². The molecule has 0 N–H and O–H groups in total. The monoisotopic (exact) mass is 323 g/mol. The van der Waals surface area contributed by atoms with Gasteiger partial charge in [0.25, 0.3) is 0 Å². The molecule has 0 bridgehead atoms. The van der Waals surface area contributed by atoms with E-state index in [0.29, 0.717) is 5.92 Å². The second kappa shape index (κ2) is 6.34.